The fourth-order valence-electron chi connectivity index (χ4n) is 5.10. The van der Waals surface area contributed by atoms with Crippen LogP contribution in [-0.4, -0.2) is 23.1 Å². The van der Waals surface area contributed by atoms with Gasteiger partial charge >= 0.3 is 11.9 Å². The second kappa shape index (κ2) is 9.81. The molecule has 2 aliphatic carbocycles. The van der Waals surface area contributed by atoms with Crippen LogP contribution in [0.2, 0.25) is 0 Å². The van der Waals surface area contributed by atoms with Gasteiger partial charge in [0.2, 0.25) is 15.4 Å². The van der Waals surface area contributed by atoms with Crippen LogP contribution < -0.4 is 4.74 Å². The summed E-state index contributed by atoms with van der Waals surface area (Å²) < 4.78 is 17.9. The molecule has 0 N–H and O–H groups in total. The molecule has 188 valence electrons. The van der Waals surface area contributed by atoms with Crippen LogP contribution >= 0.6 is 0 Å². The van der Waals surface area contributed by atoms with Gasteiger partial charge in [-0.05, 0) is 76.6 Å². The highest BCUT2D eigenvalue weighted by molar-refractivity contribution is 8.00. The van der Waals surface area contributed by atoms with Crippen LogP contribution in [0.25, 0.3) is 0 Å². The fraction of sp³-hybridized carbons (Fsp3) is 0.400. The number of ether oxygens (including phenoxy) is 3. The van der Waals surface area contributed by atoms with Crippen molar-refractivity contribution < 1.29 is 23.8 Å². The van der Waals surface area contributed by atoms with Gasteiger partial charge in [-0.2, -0.15) is 0 Å². The van der Waals surface area contributed by atoms with Gasteiger partial charge < -0.3 is 14.2 Å². The van der Waals surface area contributed by atoms with E-state index in [4.69, 9.17) is 14.2 Å². The van der Waals surface area contributed by atoms with E-state index in [1.54, 1.807) is 13.8 Å². The Bertz CT molecular complexity index is 1190. The summed E-state index contributed by atoms with van der Waals surface area (Å²) in [6.07, 6.45) is 10.0. The minimum atomic E-state index is -1.37. The second-order valence-corrected chi connectivity index (χ2v) is 12.2. The molecule has 2 aromatic carbocycles. The highest BCUT2D eigenvalue weighted by atomic mass is 32.2. The third kappa shape index (κ3) is 4.71. The van der Waals surface area contributed by atoms with Crippen molar-refractivity contribution in [3.8, 4) is 11.5 Å². The summed E-state index contributed by atoms with van der Waals surface area (Å²) in [5.74, 6) is 0.721. The number of carbonyl (C=O) groups is 2. The summed E-state index contributed by atoms with van der Waals surface area (Å²) in [5.41, 5.74) is -1.31. The topological polar surface area (TPSA) is 61.8 Å². The van der Waals surface area contributed by atoms with Crippen LogP contribution in [0.1, 0.15) is 65.7 Å². The molecular weight excluding hydrogens is 472 g/mol. The Labute approximate surface area is 215 Å². The summed E-state index contributed by atoms with van der Waals surface area (Å²) in [5, 5.41) is 0. The van der Waals surface area contributed by atoms with E-state index in [1.807, 2.05) is 55.5 Å². The Morgan fingerprint density at radius 2 is 1.61 bits per heavy atom. The molecular formula is C30H33O5S+. The lowest BCUT2D eigenvalue weighted by Gasteiger charge is -2.32. The molecule has 0 unspecified atom stereocenters. The average molecular weight is 506 g/mol. The summed E-state index contributed by atoms with van der Waals surface area (Å²) in [7, 11) is -0.365. The molecule has 0 radical (unpaired) electrons. The molecule has 0 saturated heterocycles. The lowest BCUT2D eigenvalue weighted by molar-refractivity contribution is -0.188. The van der Waals surface area contributed by atoms with Crippen LogP contribution in [0.15, 0.2) is 81.0 Å². The third-order valence-corrected chi connectivity index (χ3v) is 9.64. The van der Waals surface area contributed by atoms with Gasteiger partial charge in [0, 0.05) is 12.5 Å². The summed E-state index contributed by atoms with van der Waals surface area (Å²) in [6.45, 7) is 5.28. The quantitative estimate of drug-likeness (QED) is 0.312. The smallest absolute Gasteiger partial charge is 0.350 e. The molecule has 36 heavy (non-hydrogen) atoms. The third-order valence-electron chi connectivity index (χ3n) is 7.24. The second-order valence-electron chi connectivity index (χ2n) is 10.1. The zero-order valence-electron chi connectivity index (χ0n) is 21.2. The van der Waals surface area contributed by atoms with E-state index < -0.39 is 23.1 Å². The predicted molar refractivity (Wildman–Crippen MR) is 140 cm³/mol. The zero-order valence-corrected chi connectivity index (χ0v) is 22.0. The van der Waals surface area contributed by atoms with Crippen molar-refractivity contribution in [2.45, 2.75) is 86.7 Å². The van der Waals surface area contributed by atoms with E-state index in [9.17, 15) is 9.59 Å². The summed E-state index contributed by atoms with van der Waals surface area (Å²) in [4.78, 5) is 29.7. The van der Waals surface area contributed by atoms with Crippen molar-refractivity contribution in [1.29, 1.82) is 0 Å². The van der Waals surface area contributed by atoms with Crippen molar-refractivity contribution in [2.75, 3.05) is 0 Å². The van der Waals surface area contributed by atoms with Crippen LogP contribution in [0.5, 0.6) is 11.5 Å². The van der Waals surface area contributed by atoms with E-state index in [0.717, 1.165) is 71.1 Å². The van der Waals surface area contributed by atoms with Gasteiger partial charge in [-0.25, -0.2) is 9.59 Å². The van der Waals surface area contributed by atoms with Gasteiger partial charge in [0.25, 0.3) is 0 Å². The van der Waals surface area contributed by atoms with Crippen LogP contribution in [0.3, 0.4) is 0 Å². The number of esters is 2. The Kier molecular flexibility index (Phi) is 6.73. The lowest BCUT2D eigenvalue weighted by Crippen LogP contribution is -2.44. The van der Waals surface area contributed by atoms with Crippen LogP contribution in [-0.2, 0) is 30.0 Å². The minimum Gasteiger partial charge on any atom is -0.456 e. The molecule has 5 nitrogen and oxygen atoms in total. The predicted octanol–water partition coefficient (Wildman–Crippen LogP) is 7.02. The number of fused-ring (bicyclic) bond motifs is 2. The van der Waals surface area contributed by atoms with E-state index in [0.29, 0.717) is 5.57 Å². The average Bonchev–Trinajstić information content (AvgIpc) is 3.36. The monoisotopic (exact) mass is 505 g/mol. The number of rotatable bonds is 6. The highest BCUT2D eigenvalue weighted by Crippen LogP contribution is 2.48. The number of allylic oxidation sites excluding steroid dienone is 2. The van der Waals surface area contributed by atoms with E-state index in [-0.39, 0.29) is 10.9 Å². The first kappa shape index (κ1) is 24.7. The van der Waals surface area contributed by atoms with Gasteiger partial charge in [-0.3, -0.25) is 0 Å². The van der Waals surface area contributed by atoms with Crippen molar-refractivity contribution in [3.63, 3.8) is 0 Å². The Hall–Kier alpha value is -2.99. The standard InChI is InChI=1S/C30H33O5S/c1-4-30(18-9-10-19-30)35-28(32)29(2,3)34-27(31)21-12-11-13-22(20-21)36-25-16-7-5-14-23(25)33-24-15-6-8-17-26(24)36/h5-8,12,14-17,20H,4,9-11,13,18-19H2,1-3H3/q+1. The Morgan fingerprint density at radius 3 is 2.22 bits per heavy atom. The Balaban J connectivity index is 1.37. The minimum absolute atomic E-state index is 0.365. The molecule has 0 amide bonds. The number of hydrogen-bond donors (Lipinski definition) is 0. The zero-order chi connectivity index (χ0) is 25.3. The molecule has 1 aliphatic heterocycles. The number of benzene rings is 2. The first-order valence-corrected chi connectivity index (χ1v) is 14.0. The molecule has 0 bridgehead atoms. The lowest BCUT2D eigenvalue weighted by atomic mass is 9.98. The molecule has 1 fully saturated rings. The van der Waals surface area contributed by atoms with Crippen molar-refractivity contribution in [2.24, 2.45) is 0 Å². The van der Waals surface area contributed by atoms with Crippen molar-refractivity contribution >= 4 is 22.8 Å². The molecule has 3 aliphatic rings. The van der Waals surface area contributed by atoms with Gasteiger partial charge in [0.05, 0.1) is 5.57 Å². The number of carbonyl (C=O) groups excluding carboxylic acids is 2. The molecule has 1 heterocycles. The van der Waals surface area contributed by atoms with Crippen LogP contribution in [0, 0.1) is 0 Å². The van der Waals surface area contributed by atoms with Crippen LogP contribution in [0.4, 0.5) is 0 Å². The highest BCUT2D eigenvalue weighted by Gasteiger charge is 2.44. The maximum absolute atomic E-state index is 13.3. The van der Waals surface area contributed by atoms with Gasteiger partial charge in [0.1, 0.15) is 21.4 Å². The first-order chi connectivity index (χ1) is 17.3. The summed E-state index contributed by atoms with van der Waals surface area (Å²) in [6, 6.07) is 16.2. The van der Waals surface area contributed by atoms with Gasteiger partial charge in [-0.1, -0.05) is 37.3 Å². The Morgan fingerprint density at radius 1 is 1.00 bits per heavy atom. The van der Waals surface area contributed by atoms with Gasteiger partial charge in [0.15, 0.2) is 11.5 Å². The SMILES string of the molecule is CCC1(OC(=O)C(C)(C)OC(=O)C2=CCCC([S+]3c4ccccc4Oc4ccccc43)=C2)CCCC1. The van der Waals surface area contributed by atoms with E-state index in [1.165, 1.54) is 0 Å². The molecule has 0 aromatic heterocycles. The van der Waals surface area contributed by atoms with Crippen molar-refractivity contribution in [3.05, 3.63) is 71.2 Å². The number of para-hydroxylation sites is 2. The van der Waals surface area contributed by atoms with Crippen molar-refractivity contribution in [1.82, 2.24) is 0 Å². The maximum Gasteiger partial charge on any atom is 0.350 e. The fourth-order valence-corrected chi connectivity index (χ4v) is 7.52. The molecule has 0 spiro atoms. The largest absolute Gasteiger partial charge is 0.456 e. The molecule has 1 saturated carbocycles. The first-order valence-electron chi connectivity index (χ1n) is 12.8. The summed E-state index contributed by atoms with van der Waals surface area (Å²) >= 11 is 0. The van der Waals surface area contributed by atoms with Gasteiger partial charge in [-0.15, -0.1) is 0 Å². The molecule has 6 heteroatoms. The van der Waals surface area contributed by atoms with E-state index >= 15 is 0 Å². The normalized spacial score (nSPS) is 18.8. The molecule has 2 aromatic rings. The maximum atomic E-state index is 13.3. The molecule has 0 atom stereocenters. The molecule has 5 rings (SSSR count). The number of hydrogen-bond acceptors (Lipinski definition) is 5. The van der Waals surface area contributed by atoms with E-state index in [2.05, 4.69) is 12.1 Å².